The third-order valence-electron chi connectivity index (χ3n) is 2.87. The highest BCUT2D eigenvalue weighted by Gasteiger charge is 2.09. The Morgan fingerprint density at radius 2 is 2.20 bits per heavy atom. The van der Waals surface area contributed by atoms with Gasteiger partial charge in [-0.3, -0.25) is 9.78 Å². The van der Waals surface area contributed by atoms with Crippen molar-refractivity contribution in [3.63, 3.8) is 0 Å². The average molecular weight is 333 g/mol. The van der Waals surface area contributed by atoms with Gasteiger partial charge in [0.05, 0.1) is 6.54 Å². The summed E-state index contributed by atoms with van der Waals surface area (Å²) in [7, 11) is 0. The summed E-state index contributed by atoms with van der Waals surface area (Å²) in [6.07, 6.45) is 4.26. The number of hydrogen-bond donors (Lipinski definition) is 0. The standard InChI is InChI=1S/C14H8BrFN3O/c15-11-4-3-10(12(16)6-11)8-19-14(20)13-9(7-18-19)2-1-5-17-13/h1-6H,8H2. The van der Waals surface area contributed by atoms with Gasteiger partial charge in [0.25, 0.3) is 5.56 Å². The first-order valence-corrected chi connectivity index (χ1v) is 6.62. The number of pyridine rings is 1. The van der Waals surface area contributed by atoms with Crippen molar-refractivity contribution in [3.8, 4) is 0 Å². The number of aromatic nitrogens is 3. The molecular weight excluding hydrogens is 325 g/mol. The zero-order valence-electron chi connectivity index (χ0n) is 10.2. The fraction of sp³-hybridized carbons (Fsp3) is 0.0714. The Morgan fingerprint density at radius 3 is 3.00 bits per heavy atom. The molecule has 0 spiro atoms. The van der Waals surface area contributed by atoms with Crippen LogP contribution in [-0.4, -0.2) is 14.8 Å². The van der Waals surface area contributed by atoms with Crippen LogP contribution in [0.2, 0.25) is 0 Å². The number of rotatable bonds is 2. The van der Waals surface area contributed by atoms with Crippen LogP contribution in [0.3, 0.4) is 0 Å². The molecule has 3 rings (SSSR count). The van der Waals surface area contributed by atoms with E-state index in [1.165, 1.54) is 12.3 Å². The van der Waals surface area contributed by atoms with Crippen molar-refractivity contribution in [2.75, 3.05) is 0 Å². The lowest BCUT2D eigenvalue weighted by atomic mass is 10.2. The predicted molar refractivity (Wildman–Crippen MR) is 75.8 cm³/mol. The maximum Gasteiger partial charge on any atom is 0.293 e. The van der Waals surface area contributed by atoms with Gasteiger partial charge >= 0.3 is 0 Å². The van der Waals surface area contributed by atoms with Crippen molar-refractivity contribution < 1.29 is 4.39 Å². The van der Waals surface area contributed by atoms with Gasteiger partial charge in [0.15, 0.2) is 0 Å². The lowest BCUT2D eigenvalue weighted by Crippen LogP contribution is -2.24. The maximum absolute atomic E-state index is 13.8. The van der Waals surface area contributed by atoms with E-state index in [0.29, 0.717) is 15.4 Å². The van der Waals surface area contributed by atoms with Crippen LogP contribution in [0.4, 0.5) is 4.39 Å². The van der Waals surface area contributed by atoms with Gasteiger partial charge in [-0.05, 0) is 24.3 Å². The van der Waals surface area contributed by atoms with Crippen molar-refractivity contribution in [3.05, 3.63) is 68.9 Å². The summed E-state index contributed by atoms with van der Waals surface area (Å²) in [6, 6.07) is 8.09. The van der Waals surface area contributed by atoms with E-state index in [4.69, 9.17) is 0 Å². The largest absolute Gasteiger partial charge is 0.293 e. The summed E-state index contributed by atoms with van der Waals surface area (Å²) in [4.78, 5) is 16.2. The third-order valence-corrected chi connectivity index (χ3v) is 3.36. The molecule has 0 unspecified atom stereocenters. The van der Waals surface area contributed by atoms with Gasteiger partial charge in [-0.1, -0.05) is 22.0 Å². The molecule has 1 aromatic carbocycles. The van der Waals surface area contributed by atoms with Gasteiger partial charge in [0.2, 0.25) is 0 Å². The van der Waals surface area contributed by atoms with Crippen molar-refractivity contribution in [2.24, 2.45) is 0 Å². The van der Waals surface area contributed by atoms with Crippen molar-refractivity contribution >= 4 is 26.8 Å². The average Bonchev–Trinajstić information content (AvgIpc) is 2.45. The SMILES string of the molecule is O=c1c2ncccc2[c]nn1Cc1ccc(Br)cc1F. The predicted octanol–water partition coefficient (Wildman–Crippen LogP) is 2.54. The number of fused-ring (bicyclic) bond motifs is 1. The molecule has 2 aromatic heterocycles. The van der Waals surface area contributed by atoms with Crippen LogP contribution in [0.25, 0.3) is 10.9 Å². The fourth-order valence-electron chi connectivity index (χ4n) is 1.87. The minimum absolute atomic E-state index is 0.0426. The van der Waals surface area contributed by atoms with Gasteiger partial charge in [0, 0.05) is 21.6 Å². The summed E-state index contributed by atoms with van der Waals surface area (Å²) in [5.41, 5.74) is 0.299. The second-order valence-electron chi connectivity index (χ2n) is 4.21. The summed E-state index contributed by atoms with van der Waals surface area (Å²) in [5.74, 6) is -0.394. The molecule has 0 fully saturated rings. The number of benzene rings is 1. The molecule has 1 radical (unpaired) electrons. The Balaban J connectivity index is 2.07. The lowest BCUT2D eigenvalue weighted by Gasteiger charge is -2.06. The van der Waals surface area contributed by atoms with Gasteiger partial charge in [-0.2, -0.15) is 5.10 Å². The van der Waals surface area contributed by atoms with E-state index in [-0.39, 0.29) is 17.6 Å². The number of hydrogen-bond acceptors (Lipinski definition) is 3. The monoisotopic (exact) mass is 332 g/mol. The molecule has 0 saturated heterocycles. The van der Waals surface area contributed by atoms with E-state index >= 15 is 0 Å². The second kappa shape index (κ2) is 5.13. The zero-order valence-corrected chi connectivity index (χ0v) is 11.8. The molecule has 0 saturated carbocycles. The summed E-state index contributed by atoms with van der Waals surface area (Å²) >= 11 is 3.19. The van der Waals surface area contributed by atoms with E-state index in [1.54, 1.807) is 24.3 Å². The van der Waals surface area contributed by atoms with Crippen LogP contribution in [0, 0.1) is 12.0 Å². The fourth-order valence-corrected chi connectivity index (χ4v) is 2.20. The quantitative estimate of drug-likeness (QED) is 0.724. The van der Waals surface area contributed by atoms with Crippen molar-refractivity contribution in [1.82, 2.24) is 14.8 Å². The summed E-state index contributed by atoms with van der Waals surface area (Å²) in [6.45, 7) is 0.0426. The molecule has 0 atom stereocenters. The third kappa shape index (κ3) is 2.34. The first-order chi connectivity index (χ1) is 9.65. The first-order valence-electron chi connectivity index (χ1n) is 5.82. The molecular formula is C14H8BrFN3O. The number of halogens is 2. The van der Waals surface area contributed by atoms with E-state index in [9.17, 15) is 9.18 Å². The molecule has 99 valence electrons. The highest BCUT2D eigenvalue weighted by Crippen LogP contribution is 2.15. The highest BCUT2D eigenvalue weighted by atomic mass is 79.9. The molecule has 0 aliphatic heterocycles. The molecule has 0 amide bonds. The van der Waals surface area contributed by atoms with Crippen LogP contribution in [0.1, 0.15) is 5.56 Å². The minimum atomic E-state index is -0.394. The molecule has 0 bridgehead atoms. The Bertz CT molecular complexity index is 847. The molecule has 0 aliphatic rings. The highest BCUT2D eigenvalue weighted by molar-refractivity contribution is 9.10. The molecule has 20 heavy (non-hydrogen) atoms. The van der Waals surface area contributed by atoms with Gasteiger partial charge in [-0.15, -0.1) is 0 Å². The van der Waals surface area contributed by atoms with E-state index < -0.39 is 5.82 Å². The molecule has 0 aliphatic carbocycles. The molecule has 2 heterocycles. The Hall–Kier alpha value is -2.08. The summed E-state index contributed by atoms with van der Waals surface area (Å²) < 4.78 is 15.6. The Kier molecular flexibility index (Phi) is 3.31. The van der Waals surface area contributed by atoms with E-state index in [2.05, 4.69) is 32.2 Å². The minimum Gasteiger partial charge on any atom is -0.265 e. The first kappa shape index (κ1) is 12.9. The van der Waals surface area contributed by atoms with E-state index in [0.717, 1.165) is 4.68 Å². The lowest BCUT2D eigenvalue weighted by molar-refractivity contribution is 0.573. The smallest absolute Gasteiger partial charge is 0.265 e. The van der Waals surface area contributed by atoms with Crippen LogP contribution in [-0.2, 0) is 6.54 Å². The van der Waals surface area contributed by atoms with Crippen LogP contribution in [0.5, 0.6) is 0 Å². The van der Waals surface area contributed by atoms with Gasteiger partial charge in [0.1, 0.15) is 17.5 Å². The molecule has 3 aromatic rings. The van der Waals surface area contributed by atoms with Crippen LogP contribution in [0.15, 0.2) is 45.8 Å². The molecule has 6 heteroatoms. The van der Waals surface area contributed by atoms with Crippen molar-refractivity contribution in [2.45, 2.75) is 6.54 Å². The maximum atomic E-state index is 13.8. The van der Waals surface area contributed by atoms with Gasteiger partial charge in [-0.25, -0.2) is 9.07 Å². The zero-order chi connectivity index (χ0) is 14.1. The number of nitrogens with zero attached hydrogens (tertiary/aromatic N) is 3. The molecule has 4 nitrogen and oxygen atoms in total. The van der Waals surface area contributed by atoms with Crippen LogP contribution < -0.4 is 5.56 Å². The van der Waals surface area contributed by atoms with Crippen molar-refractivity contribution in [1.29, 1.82) is 0 Å². The normalized spacial score (nSPS) is 10.9. The second-order valence-corrected chi connectivity index (χ2v) is 5.13. The Labute approximate surface area is 122 Å². The topological polar surface area (TPSA) is 47.8 Å². The molecule has 0 N–H and O–H groups in total. The Morgan fingerprint density at radius 1 is 1.35 bits per heavy atom. The van der Waals surface area contributed by atoms with Crippen LogP contribution >= 0.6 is 15.9 Å². The summed E-state index contributed by atoms with van der Waals surface area (Å²) in [5, 5.41) is 4.47. The van der Waals surface area contributed by atoms with Gasteiger partial charge < -0.3 is 0 Å². The van der Waals surface area contributed by atoms with E-state index in [1.807, 2.05) is 0 Å².